The van der Waals surface area contributed by atoms with Crippen LogP contribution in [0.4, 0.5) is 0 Å². The van der Waals surface area contributed by atoms with Gasteiger partial charge >= 0.3 is 0 Å². The molecule has 1 aliphatic carbocycles. The molecule has 0 bridgehead atoms. The van der Waals surface area contributed by atoms with Crippen LogP contribution in [0.5, 0.6) is 0 Å². The smallest absolute Gasteiger partial charge is 0.0815 e. The number of rotatable bonds is 2. The largest absolute Gasteiger partial charge is 0.544 e. The summed E-state index contributed by atoms with van der Waals surface area (Å²) in [5.74, 6) is -0.288. The predicted molar refractivity (Wildman–Crippen MR) is 54.5 cm³/mol. The molecule has 0 fully saturated rings. The first kappa shape index (κ1) is 9.71. The number of fused-ring (bicyclic) bond motifs is 1. The van der Waals surface area contributed by atoms with Crippen molar-refractivity contribution in [1.29, 1.82) is 0 Å². The van der Waals surface area contributed by atoms with Crippen molar-refractivity contribution in [2.75, 3.05) is 0 Å². The topological polar surface area (TPSA) is 40.1 Å². The second kappa shape index (κ2) is 3.73. The van der Waals surface area contributed by atoms with Crippen molar-refractivity contribution in [1.82, 2.24) is 0 Å². The zero-order valence-corrected chi connectivity index (χ0v) is 9.02. The zero-order chi connectivity index (χ0) is 10.1. The molecule has 0 saturated heterocycles. The molecule has 76 valence electrons. The third-order valence-corrected chi connectivity index (χ3v) is 4.18. The first-order valence-electron chi connectivity index (χ1n) is 5.03. The Kier molecular flexibility index (Phi) is 2.59. The van der Waals surface area contributed by atoms with Gasteiger partial charge in [0.15, 0.2) is 0 Å². The van der Waals surface area contributed by atoms with Gasteiger partial charge in [0.25, 0.3) is 0 Å². The van der Waals surface area contributed by atoms with E-state index in [4.69, 9.17) is 0 Å². The van der Waals surface area contributed by atoms with Gasteiger partial charge in [-0.25, -0.2) is 0 Å². The van der Waals surface area contributed by atoms with Crippen LogP contribution in [0.3, 0.4) is 0 Å². The number of carboxylic acid groups (broad SMARTS) is 1. The van der Waals surface area contributed by atoms with Crippen LogP contribution in [0.25, 0.3) is 0 Å². The summed E-state index contributed by atoms with van der Waals surface area (Å²) >= 11 is 1.39. The minimum atomic E-state index is -1.03. The van der Waals surface area contributed by atoms with Gasteiger partial charge in [-0.1, -0.05) is 13.3 Å². The summed E-state index contributed by atoms with van der Waals surface area (Å²) in [6, 6.07) is 1.80. The molecule has 2 nitrogen and oxygen atoms in total. The first-order valence-corrected chi connectivity index (χ1v) is 5.85. The highest BCUT2D eigenvalue weighted by molar-refractivity contribution is 7.14. The highest BCUT2D eigenvalue weighted by atomic mass is 32.1. The molecule has 0 unspecified atom stereocenters. The normalized spacial score (nSPS) is 20.5. The number of hydrogen-bond acceptors (Lipinski definition) is 3. The number of carbonyl (C=O) groups is 1. The summed E-state index contributed by atoms with van der Waals surface area (Å²) < 4.78 is 0. The molecule has 0 saturated carbocycles. The van der Waals surface area contributed by atoms with E-state index < -0.39 is 5.97 Å². The lowest BCUT2D eigenvalue weighted by molar-refractivity contribution is -0.254. The fourth-order valence-electron chi connectivity index (χ4n) is 2.05. The lowest BCUT2D eigenvalue weighted by Crippen LogP contribution is -2.20. The third kappa shape index (κ3) is 1.69. The maximum atomic E-state index is 10.7. The van der Waals surface area contributed by atoms with Crippen LogP contribution in [-0.2, 0) is 12.8 Å². The molecule has 1 atom stereocenters. The van der Waals surface area contributed by atoms with Crippen LogP contribution in [0.15, 0.2) is 6.07 Å². The molecule has 1 aliphatic rings. The predicted octanol–water partition coefficient (Wildman–Crippen LogP) is 1.63. The van der Waals surface area contributed by atoms with E-state index in [0.717, 1.165) is 18.8 Å². The van der Waals surface area contributed by atoms with Gasteiger partial charge in [0, 0.05) is 4.88 Å². The Balaban J connectivity index is 2.25. The fourth-order valence-corrected chi connectivity index (χ4v) is 3.09. The lowest BCUT2D eigenvalue weighted by atomic mass is 9.87. The maximum Gasteiger partial charge on any atom is 0.0815 e. The molecule has 14 heavy (non-hydrogen) atoms. The summed E-state index contributed by atoms with van der Waals surface area (Å²) in [7, 11) is 0. The van der Waals surface area contributed by atoms with Gasteiger partial charge in [-0.2, -0.15) is 0 Å². The maximum absolute atomic E-state index is 10.7. The standard InChI is InChI=1S/C11H14O2S/c1-2-7-3-4-9-8(5-7)6-10(14-9)11(12)13/h6-7H,2-5H2,1H3,(H,12,13)/p-1/t7-/m1/s1. The van der Waals surface area contributed by atoms with Crippen LogP contribution in [0, 0.1) is 5.92 Å². The highest BCUT2D eigenvalue weighted by Gasteiger charge is 2.19. The molecule has 0 N–H and O–H groups in total. The van der Waals surface area contributed by atoms with Crippen molar-refractivity contribution in [3.63, 3.8) is 0 Å². The van der Waals surface area contributed by atoms with Gasteiger partial charge in [-0.05, 0) is 36.8 Å². The molecule has 1 heterocycles. The Morgan fingerprint density at radius 3 is 3.14 bits per heavy atom. The number of aromatic carboxylic acids is 1. The summed E-state index contributed by atoms with van der Waals surface area (Å²) in [6.45, 7) is 2.20. The number of thiophene rings is 1. The molecule has 0 aliphatic heterocycles. The number of hydrogen-bond donors (Lipinski definition) is 0. The zero-order valence-electron chi connectivity index (χ0n) is 8.21. The van der Waals surface area contributed by atoms with Gasteiger partial charge in [-0.3, -0.25) is 0 Å². The van der Waals surface area contributed by atoms with E-state index in [2.05, 4.69) is 6.92 Å². The number of aryl methyl sites for hydroxylation is 1. The van der Waals surface area contributed by atoms with Crippen LogP contribution in [0.1, 0.15) is 39.9 Å². The van der Waals surface area contributed by atoms with E-state index in [9.17, 15) is 9.90 Å². The highest BCUT2D eigenvalue weighted by Crippen LogP contribution is 2.33. The van der Waals surface area contributed by atoms with Gasteiger partial charge in [0.2, 0.25) is 0 Å². The van der Waals surface area contributed by atoms with Crippen molar-refractivity contribution >= 4 is 17.3 Å². The van der Waals surface area contributed by atoms with Crippen molar-refractivity contribution in [3.05, 3.63) is 21.4 Å². The average Bonchev–Trinajstić information content (AvgIpc) is 2.59. The van der Waals surface area contributed by atoms with Crippen LogP contribution in [-0.4, -0.2) is 5.97 Å². The van der Waals surface area contributed by atoms with Crippen molar-refractivity contribution < 1.29 is 9.90 Å². The summed E-state index contributed by atoms with van der Waals surface area (Å²) in [4.78, 5) is 12.3. The Morgan fingerprint density at radius 1 is 1.71 bits per heavy atom. The monoisotopic (exact) mass is 209 g/mol. The Hall–Kier alpha value is -0.830. The van der Waals surface area contributed by atoms with E-state index in [1.54, 1.807) is 6.07 Å². The molecule has 3 heteroatoms. The molecule has 0 radical (unpaired) electrons. The van der Waals surface area contributed by atoms with E-state index in [1.807, 2.05) is 0 Å². The summed E-state index contributed by atoms with van der Waals surface area (Å²) in [5.41, 5.74) is 1.24. The van der Waals surface area contributed by atoms with Crippen molar-refractivity contribution in [2.24, 2.45) is 5.92 Å². The van der Waals surface area contributed by atoms with Crippen LogP contribution in [0.2, 0.25) is 0 Å². The van der Waals surface area contributed by atoms with E-state index in [-0.39, 0.29) is 0 Å². The van der Waals surface area contributed by atoms with Gasteiger partial charge in [0.05, 0.1) is 10.8 Å². The quantitative estimate of drug-likeness (QED) is 0.742. The van der Waals surface area contributed by atoms with Crippen molar-refractivity contribution in [3.8, 4) is 0 Å². The Labute approximate surface area is 87.6 Å². The van der Waals surface area contributed by atoms with Gasteiger partial charge < -0.3 is 9.90 Å². The molecule has 1 aromatic rings. The molecule has 1 aromatic heterocycles. The Morgan fingerprint density at radius 2 is 2.50 bits per heavy atom. The molecule has 0 spiro atoms. The molecule has 0 amide bonds. The van der Waals surface area contributed by atoms with E-state index >= 15 is 0 Å². The van der Waals surface area contributed by atoms with Crippen LogP contribution >= 0.6 is 11.3 Å². The average molecular weight is 209 g/mol. The molecule has 0 aromatic carbocycles. The van der Waals surface area contributed by atoms with E-state index in [1.165, 1.54) is 34.6 Å². The molecular formula is C11H13O2S-. The fraction of sp³-hybridized carbons (Fsp3) is 0.545. The number of carbonyl (C=O) groups excluding carboxylic acids is 1. The van der Waals surface area contributed by atoms with E-state index in [0.29, 0.717) is 4.88 Å². The second-order valence-electron chi connectivity index (χ2n) is 3.86. The van der Waals surface area contributed by atoms with Crippen molar-refractivity contribution in [2.45, 2.75) is 32.6 Å². The minimum Gasteiger partial charge on any atom is -0.544 e. The molecule has 2 rings (SSSR count). The first-order chi connectivity index (χ1) is 6.70. The molecular weight excluding hydrogens is 196 g/mol. The van der Waals surface area contributed by atoms with Crippen LogP contribution < -0.4 is 5.11 Å². The van der Waals surface area contributed by atoms with Gasteiger partial charge in [-0.15, -0.1) is 11.3 Å². The lowest BCUT2D eigenvalue weighted by Gasteiger charge is -2.19. The second-order valence-corrected chi connectivity index (χ2v) is 5.00. The third-order valence-electron chi connectivity index (χ3n) is 2.96. The Bertz CT molecular complexity index is 354. The summed E-state index contributed by atoms with van der Waals surface area (Å²) in [5, 5.41) is 10.7. The van der Waals surface area contributed by atoms with Gasteiger partial charge in [0.1, 0.15) is 0 Å². The number of carboxylic acids is 1. The minimum absolute atomic E-state index is 0.395. The SMILES string of the molecule is CC[C@@H]1CCc2sc(C(=O)[O-])cc2C1. The summed E-state index contributed by atoms with van der Waals surface area (Å²) in [6.07, 6.45) is 4.49.